The van der Waals surface area contributed by atoms with E-state index in [-0.39, 0.29) is 12.5 Å². The van der Waals surface area contributed by atoms with Crippen molar-refractivity contribution in [3.05, 3.63) is 70.6 Å². The largest absolute Gasteiger partial charge is 0.325 e. The Morgan fingerprint density at radius 3 is 2.28 bits per heavy atom. The third-order valence-corrected chi connectivity index (χ3v) is 5.02. The number of hydrogen-bond donors (Lipinski definition) is 1. The third kappa shape index (κ3) is 5.85. The zero-order valence-electron chi connectivity index (χ0n) is 14.6. The summed E-state index contributed by atoms with van der Waals surface area (Å²) in [6, 6.07) is 14.8. The maximum absolute atomic E-state index is 12.3. The van der Waals surface area contributed by atoms with Gasteiger partial charge in [0.15, 0.2) is 0 Å². The lowest BCUT2D eigenvalue weighted by molar-refractivity contribution is -0.116. The number of anilines is 1. The van der Waals surface area contributed by atoms with Gasteiger partial charge in [0.05, 0.1) is 6.54 Å². The number of nitrogens with one attached hydrogen (secondary N) is 1. The lowest BCUT2D eigenvalue weighted by atomic mass is 10.1. The number of amides is 1. The third-order valence-electron chi connectivity index (χ3n) is 3.54. The molecule has 5 nitrogen and oxygen atoms in total. The van der Waals surface area contributed by atoms with Gasteiger partial charge in [-0.25, -0.2) is 8.42 Å². The molecule has 132 valence electrons. The van der Waals surface area contributed by atoms with Crippen molar-refractivity contribution in [2.24, 2.45) is 0 Å². The van der Waals surface area contributed by atoms with Gasteiger partial charge in [0, 0.05) is 18.1 Å². The van der Waals surface area contributed by atoms with Crippen molar-refractivity contribution in [3.8, 4) is 0 Å². The molecule has 0 saturated carbocycles. The van der Waals surface area contributed by atoms with Crippen LogP contribution in [0.4, 0.5) is 5.69 Å². The molecule has 0 unspecified atom stereocenters. The second kappa shape index (κ2) is 8.09. The Kier molecular flexibility index (Phi) is 6.12. The van der Waals surface area contributed by atoms with Crippen molar-refractivity contribution in [2.45, 2.75) is 13.8 Å². The van der Waals surface area contributed by atoms with Crippen LogP contribution in [-0.2, 0) is 14.8 Å². The van der Waals surface area contributed by atoms with Crippen molar-refractivity contribution in [1.82, 2.24) is 4.31 Å². The van der Waals surface area contributed by atoms with Crippen LogP contribution in [0.15, 0.2) is 53.9 Å². The van der Waals surface area contributed by atoms with Gasteiger partial charge in [0.2, 0.25) is 15.9 Å². The number of rotatable bonds is 6. The minimum absolute atomic E-state index is 0.256. The minimum atomic E-state index is -3.67. The highest BCUT2D eigenvalue weighted by Crippen LogP contribution is 2.14. The summed E-state index contributed by atoms with van der Waals surface area (Å²) in [6.07, 6.45) is 1.51. The normalized spacial score (nSPS) is 11.8. The van der Waals surface area contributed by atoms with Gasteiger partial charge in [-0.15, -0.1) is 0 Å². The molecule has 0 saturated heterocycles. The molecule has 25 heavy (non-hydrogen) atoms. The molecule has 0 aliphatic carbocycles. The zero-order valence-corrected chi connectivity index (χ0v) is 15.4. The minimum Gasteiger partial charge on any atom is -0.325 e. The van der Waals surface area contributed by atoms with Crippen molar-refractivity contribution < 1.29 is 13.2 Å². The summed E-state index contributed by atoms with van der Waals surface area (Å²) in [7, 11) is -2.29. The standard InChI is InChI=1S/C19H22N2O3S/c1-15-11-16(2)13-18(12-15)20-19(22)14-21(3)25(23,24)10-9-17-7-5-4-6-8-17/h4-13H,14H2,1-3H3,(H,20,22)/b10-9+. The molecule has 0 aliphatic rings. The average Bonchev–Trinajstić information content (AvgIpc) is 2.52. The number of nitrogens with zero attached hydrogens (tertiary/aromatic N) is 1. The van der Waals surface area contributed by atoms with Gasteiger partial charge >= 0.3 is 0 Å². The van der Waals surface area contributed by atoms with Gasteiger partial charge in [-0.05, 0) is 48.7 Å². The highest BCUT2D eigenvalue weighted by atomic mass is 32.2. The fourth-order valence-corrected chi connectivity index (χ4v) is 3.21. The van der Waals surface area contributed by atoms with Gasteiger partial charge in [-0.3, -0.25) is 4.79 Å². The van der Waals surface area contributed by atoms with Crippen LogP contribution in [0.3, 0.4) is 0 Å². The molecule has 2 aromatic rings. The summed E-state index contributed by atoms with van der Waals surface area (Å²) in [5.41, 5.74) is 3.50. The average molecular weight is 358 g/mol. The second-order valence-corrected chi connectivity index (χ2v) is 7.86. The van der Waals surface area contributed by atoms with Crippen molar-refractivity contribution in [3.63, 3.8) is 0 Å². The molecule has 0 spiro atoms. The lowest BCUT2D eigenvalue weighted by Gasteiger charge is -2.15. The van der Waals surface area contributed by atoms with Crippen LogP contribution < -0.4 is 5.32 Å². The molecule has 1 N–H and O–H groups in total. The number of aryl methyl sites for hydroxylation is 2. The zero-order chi connectivity index (χ0) is 18.4. The molecule has 0 aromatic heterocycles. The van der Waals surface area contributed by atoms with Gasteiger partial charge in [0.1, 0.15) is 0 Å². The van der Waals surface area contributed by atoms with E-state index < -0.39 is 10.0 Å². The van der Waals surface area contributed by atoms with Crippen LogP contribution in [-0.4, -0.2) is 32.2 Å². The van der Waals surface area contributed by atoms with E-state index in [4.69, 9.17) is 0 Å². The predicted octanol–water partition coefficient (Wildman–Crippen LogP) is 3.17. The number of carbonyl (C=O) groups is 1. The second-order valence-electron chi connectivity index (χ2n) is 5.94. The Hall–Kier alpha value is -2.44. The highest BCUT2D eigenvalue weighted by molar-refractivity contribution is 7.92. The monoisotopic (exact) mass is 358 g/mol. The van der Waals surface area contributed by atoms with Crippen molar-refractivity contribution in [2.75, 3.05) is 18.9 Å². The summed E-state index contributed by atoms with van der Waals surface area (Å²) >= 11 is 0. The Morgan fingerprint density at radius 2 is 1.68 bits per heavy atom. The first-order valence-electron chi connectivity index (χ1n) is 7.84. The van der Waals surface area contributed by atoms with Gasteiger partial charge in [-0.1, -0.05) is 36.4 Å². The van der Waals surface area contributed by atoms with E-state index >= 15 is 0 Å². The molecular weight excluding hydrogens is 336 g/mol. The Balaban J connectivity index is 2.00. The van der Waals surface area contributed by atoms with Gasteiger partial charge in [0.25, 0.3) is 0 Å². The Bertz CT molecular complexity index is 855. The first-order valence-corrected chi connectivity index (χ1v) is 9.34. The highest BCUT2D eigenvalue weighted by Gasteiger charge is 2.17. The van der Waals surface area contributed by atoms with E-state index in [9.17, 15) is 13.2 Å². The number of likely N-dealkylation sites (N-methyl/N-ethyl adjacent to an activating group) is 1. The van der Waals surface area contributed by atoms with Crippen LogP contribution in [0, 0.1) is 13.8 Å². The molecule has 1 amide bonds. The summed E-state index contributed by atoms with van der Waals surface area (Å²) in [4.78, 5) is 12.1. The molecule has 2 aromatic carbocycles. The summed E-state index contributed by atoms with van der Waals surface area (Å²) in [5, 5.41) is 3.83. The van der Waals surface area contributed by atoms with E-state index in [2.05, 4.69) is 5.32 Å². The molecule has 0 radical (unpaired) electrons. The Labute approximate surface area is 149 Å². The number of carbonyl (C=O) groups excluding carboxylic acids is 1. The quantitative estimate of drug-likeness (QED) is 0.862. The molecule has 0 atom stereocenters. The molecule has 6 heteroatoms. The van der Waals surface area contributed by atoms with E-state index in [0.717, 1.165) is 26.4 Å². The van der Waals surface area contributed by atoms with E-state index in [1.54, 1.807) is 12.1 Å². The van der Waals surface area contributed by atoms with Crippen LogP contribution in [0.25, 0.3) is 6.08 Å². The SMILES string of the molecule is Cc1cc(C)cc(NC(=O)CN(C)S(=O)(=O)/C=C/c2ccccc2)c1. The summed E-state index contributed by atoms with van der Waals surface area (Å²) in [6.45, 7) is 3.62. The van der Waals surface area contributed by atoms with Crippen LogP contribution >= 0.6 is 0 Å². The molecule has 0 bridgehead atoms. The fraction of sp³-hybridized carbons (Fsp3) is 0.211. The molecular formula is C19H22N2O3S. The van der Waals surface area contributed by atoms with E-state index in [1.807, 2.05) is 50.2 Å². The first kappa shape index (κ1) is 18.9. The number of hydrogen-bond acceptors (Lipinski definition) is 3. The van der Waals surface area contributed by atoms with Crippen LogP contribution in [0.2, 0.25) is 0 Å². The number of benzene rings is 2. The maximum atomic E-state index is 12.3. The molecule has 0 heterocycles. The smallest absolute Gasteiger partial charge is 0.239 e. The van der Waals surface area contributed by atoms with E-state index in [0.29, 0.717) is 5.69 Å². The fourth-order valence-electron chi connectivity index (χ4n) is 2.37. The Morgan fingerprint density at radius 1 is 1.08 bits per heavy atom. The van der Waals surface area contributed by atoms with Crippen LogP contribution in [0.1, 0.15) is 16.7 Å². The van der Waals surface area contributed by atoms with Crippen molar-refractivity contribution >= 4 is 27.7 Å². The molecule has 2 rings (SSSR count). The molecule has 0 fully saturated rings. The van der Waals surface area contributed by atoms with Crippen molar-refractivity contribution in [1.29, 1.82) is 0 Å². The topological polar surface area (TPSA) is 66.5 Å². The molecule has 0 aliphatic heterocycles. The predicted molar refractivity (Wildman–Crippen MR) is 102 cm³/mol. The van der Waals surface area contributed by atoms with Gasteiger partial charge < -0.3 is 5.32 Å². The lowest BCUT2D eigenvalue weighted by Crippen LogP contribution is -2.33. The van der Waals surface area contributed by atoms with E-state index in [1.165, 1.54) is 13.1 Å². The number of sulfonamides is 1. The summed E-state index contributed by atoms with van der Waals surface area (Å²) < 4.78 is 25.5. The maximum Gasteiger partial charge on any atom is 0.239 e. The van der Waals surface area contributed by atoms with Crippen LogP contribution in [0.5, 0.6) is 0 Å². The van der Waals surface area contributed by atoms with Gasteiger partial charge in [-0.2, -0.15) is 4.31 Å². The summed E-state index contributed by atoms with van der Waals surface area (Å²) in [5.74, 6) is -0.385. The first-order chi connectivity index (χ1) is 11.8.